The summed E-state index contributed by atoms with van der Waals surface area (Å²) in [7, 11) is 0. The van der Waals surface area contributed by atoms with Gasteiger partial charge in [0, 0.05) is 5.39 Å². The van der Waals surface area contributed by atoms with Crippen LogP contribution in [0.3, 0.4) is 0 Å². The molecule has 0 saturated heterocycles. The Bertz CT molecular complexity index is 556. The molecule has 0 spiro atoms. The van der Waals surface area contributed by atoms with Gasteiger partial charge < -0.3 is 0 Å². The summed E-state index contributed by atoms with van der Waals surface area (Å²) in [6, 6.07) is 2.19. The quantitative estimate of drug-likeness (QED) is 0.295. The number of fused-ring (bicyclic) bond motifs is 1. The molecule has 0 aliphatic rings. The molecule has 1 aromatic heterocycles. The molecule has 0 fully saturated rings. The number of halogens is 5. The number of pyridine rings is 1. The summed E-state index contributed by atoms with van der Waals surface area (Å²) < 4.78 is 51.8. The molecule has 78 valence electrons. The van der Waals surface area contributed by atoms with E-state index in [1.807, 2.05) is 0 Å². The molecule has 0 aliphatic carbocycles. The molecule has 2 aromatic rings. The minimum absolute atomic E-state index is 0.133. The van der Waals surface area contributed by atoms with Crippen LogP contribution in [-0.4, -0.2) is 4.98 Å². The third-order valence-electron chi connectivity index (χ3n) is 1.88. The topological polar surface area (TPSA) is 12.9 Å². The fraction of sp³-hybridized carbons (Fsp3) is 0. The second kappa shape index (κ2) is 3.34. The van der Waals surface area contributed by atoms with Gasteiger partial charge in [0.15, 0.2) is 23.3 Å². The Morgan fingerprint density at radius 1 is 0.867 bits per heavy atom. The van der Waals surface area contributed by atoms with E-state index in [2.05, 4.69) is 4.98 Å². The molecule has 6 heteroatoms. The molecule has 0 radical (unpaired) electrons. The van der Waals surface area contributed by atoms with Crippen molar-refractivity contribution in [2.45, 2.75) is 0 Å². The normalized spacial score (nSPS) is 11.0. The zero-order valence-electron chi connectivity index (χ0n) is 6.99. The maximum absolute atomic E-state index is 13.1. The maximum Gasteiger partial charge on any atom is 0.199 e. The summed E-state index contributed by atoms with van der Waals surface area (Å²) in [5, 5.41) is -0.581. The van der Waals surface area contributed by atoms with Crippen LogP contribution in [0.25, 0.3) is 10.9 Å². The van der Waals surface area contributed by atoms with E-state index in [9.17, 15) is 17.6 Å². The molecule has 0 saturated carbocycles. The number of hydrogen-bond acceptors (Lipinski definition) is 1. The average Bonchev–Trinajstić information content (AvgIpc) is 2.23. The highest BCUT2D eigenvalue weighted by molar-refractivity contribution is 6.29. The number of aromatic nitrogens is 1. The monoisotopic (exact) mass is 235 g/mol. The second-order valence-corrected chi connectivity index (χ2v) is 3.17. The first-order chi connectivity index (χ1) is 7.02. The van der Waals surface area contributed by atoms with Crippen molar-refractivity contribution in [3.63, 3.8) is 0 Å². The Morgan fingerprint density at radius 3 is 2.13 bits per heavy atom. The summed E-state index contributed by atoms with van der Waals surface area (Å²) in [6.07, 6.45) is 0. The van der Waals surface area contributed by atoms with Crippen molar-refractivity contribution >= 4 is 22.5 Å². The fourth-order valence-corrected chi connectivity index (χ4v) is 1.34. The van der Waals surface area contributed by atoms with Crippen LogP contribution < -0.4 is 0 Å². The number of benzene rings is 1. The molecule has 1 aromatic carbocycles. The van der Waals surface area contributed by atoms with Crippen LogP contribution in [0.2, 0.25) is 5.15 Å². The van der Waals surface area contributed by atoms with E-state index in [0.29, 0.717) is 0 Å². The van der Waals surface area contributed by atoms with E-state index in [1.54, 1.807) is 0 Å². The van der Waals surface area contributed by atoms with E-state index < -0.39 is 34.2 Å². The lowest BCUT2D eigenvalue weighted by atomic mass is 10.2. The predicted molar refractivity (Wildman–Crippen MR) is 46.6 cm³/mol. The van der Waals surface area contributed by atoms with Crippen LogP contribution in [0.15, 0.2) is 12.1 Å². The van der Waals surface area contributed by atoms with Crippen LogP contribution in [0.1, 0.15) is 0 Å². The third kappa shape index (κ3) is 1.43. The standard InChI is InChI=1S/C9H2ClF4N/c10-4-2-1-3-5(11)6(12)7(13)8(14)9(3)15-4/h1-2H. The highest BCUT2D eigenvalue weighted by Gasteiger charge is 2.21. The van der Waals surface area contributed by atoms with Crippen LogP contribution in [0.4, 0.5) is 17.6 Å². The number of nitrogens with zero attached hydrogens (tertiary/aromatic N) is 1. The zero-order valence-corrected chi connectivity index (χ0v) is 7.75. The third-order valence-corrected chi connectivity index (χ3v) is 2.09. The van der Waals surface area contributed by atoms with Gasteiger partial charge >= 0.3 is 0 Å². The lowest BCUT2D eigenvalue weighted by Crippen LogP contribution is -1.99. The first-order valence-corrected chi connectivity index (χ1v) is 4.18. The Morgan fingerprint density at radius 2 is 1.47 bits per heavy atom. The van der Waals surface area contributed by atoms with E-state index in [0.717, 1.165) is 12.1 Å². The molecule has 0 bridgehead atoms. The summed E-state index contributed by atoms with van der Waals surface area (Å²) in [6.45, 7) is 0. The van der Waals surface area contributed by atoms with Gasteiger partial charge in [0.1, 0.15) is 10.7 Å². The Hall–Kier alpha value is -1.36. The minimum Gasteiger partial charge on any atom is -0.233 e. The lowest BCUT2D eigenvalue weighted by molar-refractivity contribution is 0.417. The Balaban J connectivity index is 3.00. The zero-order chi connectivity index (χ0) is 11.2. The van der Waals surface area contributed by atoms with E-state index in [4.69, 9.17) is 11.6 Å². The van der Waals surface area contributed by atoms with Gasteiger partial charge in [0.05, 0.1) is 0 Å². The molecule has 0 unspecified atom stereocenters. The average molecular weight is 236 g/mol. The summed E-state index contributed by atoms with van der Waals surface area (Å²) in [4.78, 5) is 3.38. The highest BCUT2D eigenvalue weighted by atomic mass is 35.5. The molecular weight excluding hydrogens is 234 g/mol. The molecule has 15 heavy (non-hydrogen) atoms. The molecular formula is C9H2ClF4N. The second-order valence-electron chi connectivity index (χ2n) is 2.79. The van der Waals surface area contributed by atoms with Gasteiger partial charge in [0.25, 0.3) is 0 Å². The molecule has 0 amide bonds. The minimum atomic E-state index is -1.89. The first-order valence-electron chi connectivity index (χ1n) is 3.80. The van der Waals surface area contributed by atoms with Gasteiger partial charge in [0.2, 0.25) is 0 Å². The largest absolute Gasteiger partial charge is 0.233 e. The van der Waals surface area contributed by atoms with Gasteiger partial charge in [-0.1, -0.05) is 11.6 Å². The maximum atomic E-state index is 13.1. The molecule has 2 rings (SSSR count). The SMILES string of the molecule is Fc1c(F)c(F)c2nc(Cl)ccc2c1F. The van der Waals surface area contributed by atoms with Crippen molar-refractivity contribution in [3.8, 4) is 0 Å². The van der Waals surface area contributed by atoms with Crippen LogP contribution in [-0.2, 0) is 0 Å². The molecule has 0 aliphatic heterocycles. The fourth-order valence-electron chi connectivity index (χ4n) is 1.19. The van der Waals surface area contributed by atoms with Gasteiger partial charge in [-0.2, -0.15) is 0 Å². The van der Waals surface area contributed by atoms with Crippen molar-refractivity contribution in [2.24, 2.45) is 0 Å². The van der Waals surface area contributed by atoms with Gasteiger partial charge in [-0.25, -0.2) is 22.5 Å². The van der Waals surface area contributed by atoms with Crippen LogP contribution in [0, 0.1) is 23.3 Å². The Kier molecular flexibility index (Phi) is 2.26. The first kappa shape index (κ1) is 10.2. The molecule has 1 heterocycles. The lowest BCUT2D eigenvalue weighted by Gasteiger charge is -2.03. The van der Waals surface area contributed by atoms with Crippen molar-refractivity contribution in [1.82, 2.24) is 4.98 Å². The van der Waals surface area contributed by atoms with E-state index in [1.165, 1.54) is 0 Å². The highest BCUT2D eigenvalue weighted by Crippen LogP contribution is 2.26. The van der Waals surface area contributed by atoms with Crippen molar-refractivity contribution < 1.29 is 17.6 Å². The van der Waals surface area contributed by atoms with Gasteiger partial charge in [-0.3, -0.25) is 0 Å². The van der Waals surface area contributed by atoms with Crippen molar-refractivity contribution in [2.75, 3.05) is 0 Å². The molecule has 0 N–H and O–H groups in total. The number of rotatable bonds is 0. The van der Waals surface area contributed by atoms with Crippen LogP contribution in [0.5, 0.6) is 0 Å². The summed E-state index contributed by atoms with van der Waals surface area (Å²) in [5.41, 5.74) is -0.626. The van der Waals surface area contributed by atoms with Gasteiger partial charge in [-0.15, -0.1) is 0 Å². The van der Waals surface area contributed by atoms with E-state index >= 15 is 0 Å². The Labute approximate surface area is 86.3 Å². The summed E-state index contributed by atoms with van der Waals surface area (Å²) in [5.74, 6) is -6.78. The predicted octanol–water partition coefficient (Wildman–Crippen LogP) is 3.44. The molecule has 1 nitrogen and oxygen atoms in total. The smallest absolute Gasteiger partial charge is 0.199 e. The summed E-state index contributed by atoms with van der Waals surface area (Å²) >= 11 is 5.42. The number of hydrogen-bond donors (Lipinski definition) is 0. The van der Waals surface area contributed by atoms with Gasteiger partial charge in [-0.05, 0) is 12.1 Å². The van der Waals surface area contributed by atoms with E-state index in [-0.39, 0.29) is 5.15 Å². The molecule has 0 atom stereocenters. The van der Waals surface area contributed by atoms with Crippen LogP contribution >= 0.6 is 11.6 Å². The van der Waals surface area contributed by atoms with Crippen molar-refractivity contribution in [1.29, 1.82) is 0 Å². The van der Waals surface area contributed by atoms with Crippen molar-refractivity contribution in [3.05, 3.63) is 40.6 Å².